The summed E-state index contributed by atoms with van der Waals surface area (Å²) in [5.41, 5.74) is 1.11. The molecule has 2 heterocycles. The molecule has 1 fully saturated rings. The van der Waals surface area contributed by atoms with Crippen molar-refractivity contribution in [2.24, 2.45) is 5.41 Å². The minimum absolute atomic E-state index is 0.0727. The summed E-state index contributed by atoms with van der Waals surface area (Å²) in [6.45, 7) is 4.04. The minimum atomic E-state index is -0.0727. The molecule has 0 spiro atoms. The van der Waals surface area contributed by atoms with E-state index >= 15 is 0 Å². The van der Waals surface area contributed by atoms with Gasteiger partial charge in [0.15, 0.2) is 0 Å². The van der Waals surface area contributed by atoms with E-state index in [0.717, 1.165) is 32.4 Å². The van der Waals surface area contributed by atoms with E-state index in [-0.39, 0.29) is 5.41 Å². The Kier molecular flexibility index (Phi) is 3.77. The van der Waals surface area contributed by atoms with Gasteiger partial charge in [-0.2, -0.15) is 11.3 Å². The number of Topliss-reactive ketones (excluding diaryl/α,β-unsaturated/α-hetero) is 1. The lowest BCUT2D eigenvalue weighted by Gasteiger charge is -2.26. The Hall–Kier alpha value is -0.670. The maximum atomic E-state index is 12.4. The highest BCUT2D eigenvalue weighted by Crippen LogP contribution is 2.33. The molecule has 1 atom stereocenters. The molecular formula is C13H19NOS. The highest BCUT2D eigenvalue weighted by atomic mass is 32.1. The average molecular weight is 237 g/mol. The van der Waals surface area contributed by atoms with Crippen molar-refractivity contribution >= 4 is 17.1 Å². The van der Waals surface area contributed by atoms with Crippen molar-refractivity contribution < 1.29 is 4.79 Å². The predicted molar refractivity (Wildman–Crippen MR) is 67.9 cm³/mol. The molecule has 0 radical (unpaired) electrons. The fraction of sp³-hybridized carbons (Fsp3) is 0.615. The number of nitrogens with one attached hydrogen (secondary N) is 1. The Labute approximate surface area is 101 Å². The molecule has 1 aromatic rings. The molecule has 1 saturated heterocycles. The number of carbonyl (C=O) groups excluding carboxylic acids is 1. The Morgan fingerprint density at radius 2 is 2.50 bits per heavy atom. The summed E-state index contributed by atoms with van der Waals surface area (Å²) in [6.07, 6.45) is 3.76. The minimum Gasteiger partial charge on any atom is -0.316 e. The van der Waals surface area contributed by atoms with E-state index in [1.54, 1.807) is 11.3 Å². The second kappa shape index (κ2) is 5.11. The van der Waals surface area contributed by atoms with E-state index in [1.807, 2.05) is 5.38 Å². The lowest BCUT2D eigenvalue weighted by atomic mass is 9.77. The predicted octanol–water partition coefficient (Wildman–Crippen LogP) is 2.64. The van der Waals surface area contributed by atoms with Crippen LogP contribution in [0.15, 0.2) is 16.8 Å². The lowest BCUT2D eigenvalue weighted by Crippen LogP contribution is -2.34. The van der Waals surface area contributed by atoms with Crippen LogP contribution in [0.3, 0.4) is 0 Å². The van der Waals surface area contributed by atoms with E-state index in [1.165, 1.54) is 5.56 Å². The molecule has 1 aliphatic heterocycles. The van der Waals surface area contributed by atoms with Crippen LogP contribution in [0.4, 0.5) is 0 Å². The number of rotatable bonds is 5. The summed E-state index contributed by atoms with van der Waals surface area (Å²) >= 11 is 1.67. The molecule has 0 amide bonds. The van der Waals surface area contributed by atoms with Crippen LogP contribution in [0.1, 0.15) is 31.7 Å². The number of carbonyl (C=O) groups is 1. The average Bonchev–Trinajstić information content (AvgIpc) is 2.89. The van der Waals surface area contributed by atoms with Gasteiger partial charge in [0.1, 0.15) is 5.78 Å². The summed E-state index contributed by atoms with van der Waals surface area (Å²) in [6, 6.07) is 2.06. The first-order valence-electron chi connectivity index (χ1n) is 6.02. The second-order valence-corrected chi connectivity index (χ2v) is 5.47. The summed E-state index contributed by atoms with van der Waals surface area (Å²) in [5.74, 6) is 0.428. The summed E-state index contributed by atoms with van der Waals surface area (Å²) in [4.78, 5) is 12.4. The van der Waals surface area contributed by atoms with Crippen molar-refractivity contribution in [3.05, 3.63) is 22.4 Å². The zero-order valence-electron chi connectivity index (χ0n) is 9.79. The highest BCUT2D eigenvalue weighted by molar-refractivity contribution is 7.08. The van der Waals surface area contributed by atoms with Gasteiger partial charge >= 0.3 is 0 Å². The third kappa shape index (κ3) is 2.36. The van der Waals surface area contributed by atoms with Gasteiger partial charge in [-0.3, -0.25) is 4.79 Å². The quantitative estimate of drug-likeness (QED) is 0.853. The van der Waals surface area contributed by atoms with Crippen LogP contribution in [0.2, 0.25) is 0 Å². The zero-order valence-corrected chi connectivity index (χ0v) is 10.6. The third-order valence-electron chi connectivity index (χ3n) is 3.51. The van der Waals surface area contributed by atoms with E-state index in [2.05, 4.69) is 23.7 Å². The van der Waals surface area contributed by atoms with Crippen molar-refractivity contribution in [2.45, 2.75) is 32.6 Å². The standard InChI is InChI=1S/C13H19NOS/c1-2-4-13(5-6-14-10-13)12(15)8-11-3-7-16-9-11/h3,7,9,14H,2,4-6,8,10H2,1H3. The van der Waals surface area contributed by atoms with Gasteiger partial charge in [-0.1, -0.05) is 13.3 Å². The molecule has 3 heteroatoms. The molecule has 0 bridgehead atoms. The highest BCUT2D eigenvalue weighted by Gasteiger charge is 2.39. The van der Waals surface area contributed by atoms with Crippen molar-refractivity contribution in [2.75, 3.05) is 13.1 Å². The number of hydrogen-bond acceptors (Lipinski definition) is 3. The van der Waals surface area contributed by atoms with E-state index < -0.39 is 0 Å². The molecule has 2 rings (SSSR count). The van der Waals surface area contributed by atoms with Crippen molar-refractivity contribution in [3.8, 4) is 0 Å². The summed E-state index contributed by atoms with van der Waals surface area (Å²) < 4.78 is 0. The van der Waals surface area contributed by atoms with Gasteiger partial charge in [0.2, 0.25) is 0 Å². The van der Waals surface area contributed by atoms with Gasteiger partial charge in [0, 0.05) is 18.4 Å². The third-order valence-corrected chi connectivity index (χ3v) is 4.24. The number of thiophene rings is 1. The van der Waals surface area contributed by atoms with Crippen LogP contribution in [0.5, 0.6) is 0 Å². The molecule has 0 aromatic carbocycles. The van der Waals surface area contributed by atoms with Crippen molar-refractivity contribution in [1.29, 1.82) is 0 Å². The fourth-order valence-electron chi connectivity index (χ4n) is 2.58. The second-order valence-electron chi connectivity index (χ2n) is 4.69. The number of ketones is 1. The van der Waals surface area contributed by atoms with Crippen molar-refractivity contribution in [1.82, 2.24) is 5.32 Å². The molecule has 88 valence electrons. The lowest BCUT2D eigenvalue weighted by molar-refractivity contribution is -0.127. The van der Waals surface area contributed by atoms with Crippen LogP contribution < -0.4 is 5.32 Å². The molecule has 1 unspecified atom stereocenters. The summed E-state index contributed by atoms with van der Waals surface area (Å²) in [7, 11) is 0. The maximum absolute atomic E-state index is 12.4. The Morgan fingerprint density at radius 1 is 1.62 bits per heavy atom. The normalized spacial score (nSPS) is 24.8. The van der Waals surface area contributed by atoms with Crippen LogP contribution in [-0.2, 0) is 11.2 Å². The first-order valence-corrected chi connectivity index (χ1v) is 6.96. The van der Waals surface area contributed by atoms with Crippen molar-refractivity contribution in [3.63, 3.8) is 0 Å². The molecule has 1 aliphatic rings. The molecule has 1 aromatic heterocycles. The SMILES string of the molecule is CCCC1(C(=O)Cc2ccsc2)CCNC1. The largest absolute Gasteiger partial charge is 0.316 e. The van der Waals surface area contributed by atoms with Gasteiger partial charge in [-0.05, 0) is 41.8 Å². The molecule has 0 aliphatic carbocycles. The fourth-order valence-corrected chi connectivity index (χ4v) is 3.25. The molecule has 16 heavy (non-hydrogen) atoms. The maximum Gasteiger partial charge on any atom is 0.144 e. The van der Waals surface area contributed by atoms with E-state index in [9.17, 15) is 4.79 Å². The Morgan fingerprint density at radius 3 is 3.06 bits per heavy atom. The van der Waals surface area contributed by atoms with E-state index in [0.29, 0.717) is 12.2 Å². The summed E-state index contributed by atoms with van der Waals surface area (Å²) in [5, 5.41) is 7.47. The van der Waals surface area contributed by atoms with Crippen LogP contribution in [0, 0.1) is 5.41 Å². The molecule has 0 saturated carbocycles. The number of hydrogen-bond donors (Lipinski definition) is 1. The van der Waals surface area contributed by atoms with E-state index in [4.69, 9.17) is 0 Å². The first kappa shape index (κ1) is 11.8. The van der Waals surface area contributed by atoms with Crippen LogP contribution in [0.25, 0.3) is 0 Å². The molecule has 1 N–H and O–H groups in total. The van der Waals surface area contributed by atoms with Gasteiger partial charge in [0.05, 0.1) is 0 Å². The Bertz CT molecular complexity index is 339. The van der Waals surface area contributed by atoms with Gasteiger partial charge in [0.25, 0.3) is 0 Å². The van der Waals surface area contributed by atoms with Crippen LogP contribution >= 0.6 is 11.3 Å². The zero-order chi connectivity index (χ0) is 11.4. The monoisotopic (exact) mass is 237 g/mol. The smallest absolute Gasteiger partial charge is 0.144 e. The molecule has 2 nitrogen and oxygen atoms in total. The van der Waals surface area contributed by atoms with Crippen LogP contribution in [-0.4, -0.2) is 18.9 Å². The van der Waals surface area contributed by atoms with Gasteiger partial charge < -0.3 is 5.32 Å². The molecular weight excluding hydrogens is 218 g/mol. The first-order chi connectivity index (χ1) is 7.77. The van der Waals surface area contributed by atoms with Gasteiger partial charge in [-0.15, -0.1) is 0 Å². The topological polar surface area (TPSA) is 29.1 Å². The Balaban J connectivity index is 2.05. The van der Waals surface area contributed by atoms with Gasteiger partial charge in [-0.25, -0.2) is 0 Å².